The molecule has 0 aliphatic rings. The fourth-order valence-corrected chi connectivity index (χ4v) is 0.546. The number of ether oxygens (including phenoxy) is 1. The highest BCUT2D eigenvalue weighted by molar-refractivity contribution is 5.22. The van der Waals surface area contributed by atoms with E-state index < -0.39 is 6.61 Å². The zero-order valence-electron chi connectivity index (χ0n) is 7.89. The summed E-state index contributed by atoms with van der Waals surface area (Å²) in [5.74, 6) is 0.229. The summed E-state index contributed by atoms with van der Waals surface area (Å²) in [6.45, 7) is 8.14. The van der Waals surface area contributed by atoms with Gasteiger partial charge in [0.05, 0.1) is 0 Å². The molecule has 0 aromatic carbocycles. The minimum absolute atomic E-state index is 0.0585. The van der Waals surface area contributed by atoms with E-state index in [0.29, 0.717) is 0 Å². The van der Waals surface area contributed by atoms with E-state index in [0.717, 1.165) is 5.57 Å². The Kier molecular flexibility index (Phi) is 5.04. The van der Waals surface area contributed by atoms with Gasteiger partial charge in [-0.15, -0.1) is 0 Å². The average molecular weight is 188 g/mol. The van der Waals surface area contributed by atoms with Crippen LogP contribution in [0.1, 0.15) is 13.8 Å². The summed E-state index contributed by atoms with van der Waals surface area (Å²) in [6.07, 6.45) is 3.00. The Hall–Kier alpha value is -1.12. The van der Waals surface area contributed by atoms with Crippen LogP contribution in [0, 0.1) is 5.92 Å². The Bertz CT molecular complexity index is 217. The van der Waals surface area contributed by atoms with Crippen LogP contribution in [-0.2, 0) is 4.74 Å². The van der Waals surface area contributed by atoms with Crippen molar-refractivity contribution in [2.24, 2.45) is 5.92 Å². The Morgan fingerprint density at radius 2 is 1.77 bits per heavy atom. The van der Waals surface area contributed by atoms with Gasteiger partial charge in [0.1, 0.15) is 5.76 Å². The Morgan fingerprint density at radius 3 is 2.15 bits per heavy atom. The highest BCUT2D eigenvalue weighted by Gasteiger charge is 2.02. The first-order chi connectivity index (χ1) is 5.93. The van der Waals surface area contributed by atoms with E-state index in [1.54, 1.807) is 6.08 Å². The van der Waals surface area contributed by atoms with Gasteiger partial charge in [-0.25, -0.2) is 0 Å². The molecule has 0 aliphatic heterocycles. The Morgan fingerprint density at radius 1 is 1.23 bits per heavy atom. The van der Waals surface area contributed by atoms with Crippen molar-refractivity contribution in [3.63, 3.8) is 0 Å². The van der Waals surface area contributed by atoms with Crippen LogP contribution in [0.25, 0.3) is 0 Å². The van der Waals surface area contributed by atoms with Gasteiger partial charge in [-0.3, -0.25) is 0 Å². The summed E-state index contributed by atoms with van der Waals surface area (Å²) in [6, 6.07) is 0. The van der Waals surface area contributed by atoms with Crippen molar-refractivity contribution >= 4 is 0 Å². The lowest BCUT2D eigenvalue weighted by Gasteiger charge is -2.05. The van der Waals surface area contributed by atoms with Crippen molar-refractivity contribution in [1.82, 2.24) is 0 Å². The van der Waals surface area contributed by atoms with E-state index in [-0.39, 0.29) is 11.7 Å². The van der Waals surface area contributed by atoms with Crippen LogP contribution in [0.15, 0.2) is 36.6 Å². The molecule has 3 heteroatoms. The molecule has 0 atom stereocenters. The van der Waals surface area contributed by atoms with E-state index in [1.165, 1.54) is 6.08 Å². The largest absolute Gasteiger partial charge is 0.435 e. The molecule has 74 valence electrons. The summed E-state index contributed by atoms with van der Waals surface area (Å²) in [7, 11) is 0. The van der Waals surface area contributed by atoms with E-state index in [2.05, 4.69) is 17.9 Å². The number of allylic oxidation sites excluding steroid dienone is 3. The second-order valence-corrected chi connectivity index (χ2v) is 2.91. The van der Waals surface area contributed by atoms with Crippen molar-refractivity contribution in [3.05, 3.63) is 36.6 Å². The third-order valence-corrected chi connectivity index (χ3v) is 1.47. The van der Waals surface area contributed by atoms with Crippen LogP contribution in [0.4, 0.5) is 8.78 Å². The molecule has 0 aliphatic carbocycles. The Balaban J connectivity index is 3.98. The minimum Gasteiger partial charge on any atom is -0.435 e. The highest BCUT2D eigenvalue weighted by Crippen LogP contribution is 2.10. The molecule has 0 fully saturated rings. The molecule has 0 radical (unpaired) electrons. The van der Waals surface area contributed by atoms with Crippen LogP contribution in [0.2, 0.25) is 0 Å². The van der Waals surface area contributed by atoms with Gasteiger partial charge in [0.2, 0.25) is 0 Å². The second kappa shape index (κ2) is 5.51. The summed E-state index contributed by atoms with van der Waals surface area (Å²) in [5.41, 5.74) is 0.846. The van der Waals surface area contributed by atoms with Gasteiger partial charge in [0, 0.05) is 0 Å². The molecule has 0 aromatic rings. The molecule has 0 aromatic heterocycles. The van der Waals surface area contributed by atoms with Gasteiger partial charge in [0.15, 0.2) is 0 Å². The SMILES string of the molecule is C=C(/C=C\C(=C)C(C)C)OC(F)F. The quantitative estimate of drug-likeness (QED) is 0.474. The highest BCUT2D eigenvalue weighted by atomic mass is 19.3. The molecule has 0 unspecified atom stereocenters. The van der Waals surface area contributed by atoms with Gasteiger partial charge in [0.25, 0.3) is 0 Å². The third kappa shape index (κ3) is 6.08. The molecule has 0 bridgehead atoms. The molecular formula is C10H14F2O. The zero-order valence-corrected chi connectivity index (χ0v) is 7.89. The second-order valence-electron chi connectivity index (χ2n) is 2.91. The predicted molar refractivity (Wildman–Crippen MR) is 49.3 cm³/mol. The van der Waals surface area contributed by atoms with Crippen molar-refractivity contribution in [2.75, 3.05) is 0 Å². The van der Waals surface area contributed by atoms with Gasteiger partial charge in [-0.2, -0.15) is 8.78 Å². The molecule has 1 nitrogen and oxygen atoms in total. The van der Waals surface area contributed by atoms with Crippen molar-refractivity contribution in [1.29, 1.82) is 0 Å². The Labute approximate surface area is 77.4 Å². The van der Waals surface area contributed by atoms with Crippen molar-refractivity contribution in [2.45, 2.75) is 20.5 Å². The summed E-state index contributed by atoms with van der Waals surface area (Å²) in [5, 5.41) is 0. The molecule has 0 saturated carbocycles. The maximum Gasteiger partial charge on any atom is 0.387 e. The molecular weight excluding hydrogens is 174 g/mol. The zero-order chi connectivity index (χ0) is 10.4. The van der Waals surface area contributed by atoms with E-state index in [4.69, 9.17) is 0 Å². The number of hydrogen-bond donors (Lipinski definition) is 0. The maximum atomic E-state index is 11.6. The summed E-state index contributed by atoms with van der Waals surface area (Å²) >= 11 is 0. The van der Waals surface area contributed by atoms with Crippen LogP contribution >= 0.6 is 0 Å². The van der Waals surface area contributed by atoms with Gasteiger partial charge >= 0.3 is 6.61 Å². The maximum absolute atomic E-state index is 11.6. The fourth-order valence-electron chi connectivity index (χ4n) is 0.546. The number of hydrogen-bond acceptors (Lipinski definition) is 1. The topological polar surface area (TPSA) is 9.23 Å². The average Bonchev–Trinajstić information content (AvgIpc) is 1.98. The number of rotatable bonds is 5. The number of alkyl halides is 2. The van der Waals surface area contributed by atoms with Gasteiger partial charge in [-0.05, 0) is 12.0 Å². The normalized spacial score (nSPS) is 11.2. The molecule has 0 N–H and O–H groups in total. The van der Waals surface area contributed by atoms with Crippen LogP contribution in [-0.4, -0.2) is 6.61 Å². The van der Waals surface area contributed by atoms with Crippen molar-refractivity contribution in [3.8, 4) is 0 Å². The molecule has 0 rings (SSSR count). The molecule has 13 heavy (non-hydrogen) atoms. The van der Waals surface area contributed by atoms with Crippen molar-refractivity contribution < 1.29 is 13.5 Å². The first-order valence-corrected chi connectivity index (χ1v) is 3.94. The standard InChI is InChI=1S/C10H14F2O/c1-7(2)8(3)5-6-9(4)13-10(11)12/h5-7,10H,3-4H2,1-2H3/b6-5-. The fraction of sp³-hybridized carbons (Fsp3) is 0.400. The van der Waals surface area contributed by atoms with E-state index >= 15 is 0 Å². The predicted octanol–water partition coefficient (Wildman–Crippen LogP) is 3.51. The molecule has 0 saturated heterocycles. The number of halogens is 2. The summed E-state index contributed by atoms with van der Waals surface area (Å²) < 4.78 is 27.3. The van der Waals surface area contributed by atoms with Gasteiger partial charge < -0.3 is 4.74 Å². The van der Waals surface area contributed by atoms with Gasteiger partial charge in [-0.1, -0.05) is 38.7 Å². The van der Waals surface area contributed by atoms with Crippen LogP contribution in [0.5, 0.6) is 0 Å². The third-order valence-electron chi connectivity index (χ3n) is 1.47. The molecule has 0 amide bonds. The van der Waals surface area contributed by atoms with E-state index in [9.17, 15) is 8.78 Å². The lowest BCUT2D eigenvalue weighted by molar-refractivity contribution is -0.0915. The molecule has 0 spiro atoms. The first kappa shape index (κ1) is 11.9. The first-order valence-electron chi connectivity index (χ1n) is 3.94. The van der Waals surface area contributed by atoms with Crippen LogP contribution < -0.4 is 0 Å². The lowest BCUT2D eigenvalue weighted by Crippen LogP contribution is -1.96. The summed E-state index contributed by atoms with van der Waals surface area (Å²) in [4.78, 5) is 0. The van der Waals surface area contributed by atoms with E-state index in [1.807, 2.05) is 13.8 Å². The lowest BCUT2D eigenvalue weighted by atomic mass is 10.1. The van der Waals surface area contributed by atoms with Crippen LogP contribution in [0.3, 0.4) is 0 Å². The minimum atomic E-state index is -2.82. The molecule has 0 heterocycles. The monoisotopic (exact) mass is 188 g/mol. The smallest absolute Gasteiger partial charge is 0.387 e.